The van der Waals surface area contributed by atoms with Crippen LogP contribution < -0.4 is 19.5 Å². The van der Waals surface area contributed by atoms with Gasteiger partial charge in [-0.2, -0.15) is 0 Å². The zero-order valence-corrected chi connectivity index (χ0v) is 16.6. The highest BCUT2D eigenvalue weighted by atomic mass is 32.2. The van der Waals surface area contributed by atoms with Crippen LogP contribution in [0.3, 0.4) is 0 Å². The van der Waals surface area contributed by atoms with Crippen molar-refractivity contribution in [3.8, 4) is 11.5 Å². The van der Waals surface area contributed by atoms with Gasteiger partial charge in [0.05, 0.1) is 10.6 Å². The van der Waals surface area contributed by atoms with Crippen molar-refractivity contribution in [3.05, 3.63) is 42.0 Å². The molecule has 0 aromatic heterocycles. The first-order valence-corrected chi connectivity index (χ1v) is 11.0. The molecule has 0 fully saturated rings. The lowest BCUT2D eigenvalue weighted by Gasteiger charge is -2.21. The van der Waals surface area contributed by atoms with Crippen molar-refractivity contribution in [2.45, 2.75) is 16.7 Å². The van der Waals surface area contributed by atoms with E-state index in [-0.39, 0.29) is 17.0 Å². The number of carbonyl (C=O) groups is 1. The van der Waals surface area contributed by atoms with Gasteiger partial charge in [-0.1, -0.05) is 13.0 Å². The van der Waals surface area contributed by atoms with E-state index in [4.69, 9.17) is 9.47 Å². The molecule has 0 aliphatic carbocycles. The SMILES string of the molecule is CCNS(=O)(=O)c1cccc(C(=O)Nc2cc3c(cc2SC)OCCO3)c1. The minimum Gasteiger partial charge on any atom is -0.486 e. The van der Waals surface area contributed by atoms with Crippen molar-refractivity contribution in [1.82, 2.24) is 4.72 Å². The molecule has 1 amide bonds. The molecule has 0 saturated carbocycles. The van der Waals surface area contributed by atoms with E-state index in [1.54, 1.807) is 25.1 Å². The first-order valence-electron chi connectivity index (χ1n) is 8.33. The summed E-state index contributed by atoms with van der Waals surface area (Å²) >= 11 is 1.46. The highest BCUT2D eigenvalue weighted by Crippen LogP contribution is 2.39. The molecule has 1 heterocycles. The normalized spacial score (nSPS) is 13.3. The molecular weight excluding hydrogens is 388 g/mol. The van der Waals surface area contributed by atoms with Crippen molar-refractivity contribution in [2.75, 3.05) is 31.3 Å². The lowest BCUT2D eigenvalue weighted by molar-refractivity contribution is 0.102. The fraction of sp³-hybridized carbons (Fsp3) is 0.278. The summed E-state index contributed by atoms with van der Waals surface area (Å²) in [5, 5.41) is 2.83. The Morgan fingerprint density at radius 1 is 1.15 bits per heavy atom. The molecule has 27 heavy (non-hydrogen) atoms. The number of sulfonamides is 1. The second kappa shape index (κ2) is 8.20. The van der Waals surface area contributed by atoms with Crippen molar-refractivity contribution >= 4 is 33.4 Å². The number of fused-ring (bicyclic) bond motifs is 1. The molecule has 144 valence electrons. The average molecular weight is 409 g/mol. The molecule has 1 aliphatic rings. The predicted molar refractivity (Wildman–Crippen MR) is 104 cm³/mol. The smallest absolute Gasteiger partial charge is 0.255 e. The maximum absolute atomic E-state index is 12.7. The van der Waals surface area contributed by atoms with E-state index in [9.17, 15) is 13.2 Å². The Labute approximate surface area is 162 Å². The van der Waals surface area contributed by atoms with E-state index in [0.29, 0.717) is 30.4 Å². The summed E-state index contributed by atoms with van der Waals surface area (Å²) in [6, 6.07) is 9.45. The molecule has 7 nitrogen and oxygen atoms in total. The van der Waals surface area contributed by atoms with Gasteiger partial charge in [0.25, 0.3) is 5.91 Å². The van der Waals surface area contributed by atoms with Crippen LogP contribution in [0, 0.1) is 0 Å². The van der Waals surface area contributed by atoms with Crippen LogP contribution in [0.4, 0.5) is 5.69 Å². The van der Waals surface area contributed by atoms with E-state index >= 15 is 0 Å². The minimum absolute atomic E-state index is 0.0456. The first kappa shape index (κ1) is 19.5. The van der Waals surface area contributed by atoms with Crippen LogP contribution in [0.1, 0.15) is 17.3 Å². The van der Waals surface area contributed by atoms with Crippen molar-refractivity contribution in [3.63, 3.8) is 0 Å². The van der Waals surface area contributed by atoms with Crippen LogP contribution in [0.25, 0.3) is 0 Å². The number of benzene rings is 2. The van der Waals surface area contributed by atoms with Gasteiger partial charge in [0.15, 0.2) is 11.5 Å². The summed E-state index contributed by atoms with van der Waals surface area (Å²) in [7, 11) is -3.63. The van der Waals surface area contributed by atoms with Gasteiger partial charge in [-0.25, -0.2) is 13.1 Å². The zero-order valence-electron chi connectivity index (χ0n) is 14.9. The van der Waals surface area contributed by atoms with E-state index in [2.05, 4.69) is 10.0 Å². The fourth-order valence-electron chi connectivity index (χ4n) is 2.61. The Balaban J connectivity index is 1.88. The first-order chi connectivity index (χ1) is 12.9. The quantitative estimate of drug-likeness (QED) is 0.714. The Hall–Kier alpha value is -2.23. The zero-order chi connectivity index (χ0) is 19.4. The largest absolute Gasteiger partial charge is 0.486 e. The molecule has 2 aromatic carbocycles. The number of nitrogens with one attached hydrogen (secondary N) is 2. The molecule has 0 spiro atoms. The van der Waals surface area contributed by atoms with Gasteiger partial charge in [0.2, 0.25) is 10.0 Å². The van der Waals surface area contributed by atoms with Crippen LogP contribution >= 0.6 is 11.8 Å². The molecule has 0 atom stereocenters. The molecule has 3 rings (SSSR count). The van der Waals surface area contributed by atoms with E-state index < -0.39 is 15.9 Å². The molecular formula is C18H20N2O5S2. The average Bonchev–Trinajstić information content (AvgIpc) is 2.67. The van der Waals surface area contributed by atoms with Crippen LogP contribution in [0.2, 0.25) is 0 Å². The van der Waals surface area contributed by atoms with Crippen LogP contribution in [0.5, 0.6) is 11.5 Å². The molecule has 1 aliphatic heterocycles. The van der Waals surface area contributed by atoms with E-state index in [1.807, 2.05) is 12.3 Å². The second-order valence-electron chi connectivity index (χ2n) is 5.68. The topological polar surface area (TPSA) is 93.7 Å². The van der Waals surface area contributed by atoms with E-state index in [1.165, 1.54) is 23.9 Å². The van der Waals surface area contributed by atoms with Crippen molar-refractivity contribution in [2.24, 2.45) is 0 Å². The van der Waals surface area contributed by atoms with Gasteiger partial charge < -0.3 is 14.8 Å². The monoisotopic (exact) mass is 408 g/mol. The van der Waals surface area contributed by atoms with E-state index in [0.717, 1.165) is 4.90 Å². The third-order valence-corrected chi connectivity index (χ3v) is 6.17. The van der Waals surface area contributed by atoms with Gasteiger partial charge in [0.1, 0.15) is 13.2 Å². The Bertz CT molecular complexity index is 960. The summed E-state index contributed by atoms with van der Waals surface area (Å²) in [5.74, 6) is 0.802. The Morgan fingerprint density at radius 2 is 1.85 bits per heavy atom. The molecule has 0 saturated heterocycles. The molecule has 9 heteroatoms. The number of carbonyl (C=O) groups excluding carboxylic acids is 1. The van der Waals surface area contributed by atoms with Gasteiger partial charge >= 0.3 is 0 Å². The lowest BCUT2D eigenvalue weighted by Crippen LogP contribution is -2.23. The number of amides is 1. The molecule has 0 unspecified atom stereocenters. The van der Waals surface area contributed by atoms with Crippen LogP contribution in [-0.4, -0.2) is 40.3 Å². The minimum atomic E-state index is -3.63. The highest BCUT2D eigenvalue weighted by molar-refractivity contribution is 7.98. The summed E-state index contributed by atoms with van der Waals surface area (Å²) < 4.78 is 37.8. The number of thioether (sulfide) groups is 1. The number of hydrogen-bond donors (Lipinski definition) is 2. The predicted octanol–water partition coefficient (Wildman–Crippen LogP) is 2.73. The second-order valence-corrected chi connectivity index (χ2v) is 8.29. The molecule has 2 N–H and O–H groups in total. The third-order valence-electron chi connectivity index (χ3n) is 3.85. The van der Waals surface area contributed by atoms with Gasteiger partial charge in [0, 0.05) is 23.1 Å². The van der Waals surface area contributed by atoms with Crippen LogP contribution in [-0.2, 0) is 10.0 Å². The summed E-state index contributed by atoms with van der Waals surface area (Å²) in [6.45, 7) is 2.90. The summed E-state index contributed by atoms with van der Waals surface area (Å²) in [4.78, 5) is 13.5. The molecule has 0 radical (unpaired) electrons. The number of ether oxygens (including phenoxy) is 2. The van der Waals surface area contributed by atoms with Gasteiger partial charge in [-0.05, 0) is 30.5 Å². The summed E-state index contributed by atoms with van der Waals surface area (Å²) in [6.07, 6.45) is 1.89. The van der Waals surface area contributed by atoms with Crippen molar-refractivity contribution < 1.29 is 22.7 Å². The summed E-state index contributed by atoms with van der Waals surface area (Å²) in [5.41, 5.74) is 0.826. The standard InChI is InChI=1S/C18H20N2O5S2/c1-3-19-27(22,23)13-6-4-5-12(9-13)18(21)20-14-10-15-16(11-17(14)26-2)25-8-7-24-15/h4-6,9-11,19H,3,7-8H2,1-2H3,(H,20,21). The number of anilines is 1. The third kappa shape index (κ3) is 4.37. The molecule has 0 bridgehead atoms. The van der Waals surface area contributed by atoms with Gasteiger partial charge in [-0.3, -0.25) is 4.79 Å². The molecule has 2 aromatic rings. The Morgan fingerprint density at radius 3 is 2.52 bits per heavy atom. The maximum atomic E-state index is 12.7. The fourth-order valence-corrected chi connectivity index (χ4v) is 4.25. The van der Waals surface area contributed by atoms with Crippen LogP contribution in [0.15, 0.2) is 46.2 Å². The number of hydrogen-bond acceptors (Lipinski definition) is 6. The Kier molecular flexibility index (Phi) is 5.93. The lowest BCUT2D eigenvalue weighted by atomic mass is 10.2. The highest BCUT2D eigenvalue weighted by Gasteiger charge is 2.19. The van der Waals surface area contributed by atoms with Crippen molar-refractivity contribution in [1.29, 1.82) is 0 Å². The van der Waals surface area contributed by atoms with Gasteiger partial charge in [-0.15, -0.1) is 11.8 Å². The number of rotatable bonds is 6. The maximum Gasteiger partial charge on any atom is 0.255 e.